The fraction of sp³-hybridized carbons (Fsp3) is 0.500. The molecule has 0 radical (unpaired) electrons. The summed E-state index contributed by atoms with van der Waals surface area (Å²) < 4.78 is 45.1. The molecule has 0 saturated carbocycles. The Bertz CT molecular complexity index is 1050. The van der Waals surface area contributed by atoms with Crippen LogP contribution in [-0.2, 0) is 17.8 Å². The van der Waals surface area contributed by atoms with Gasteiger partial charge in [0.05, 0.1) is 35.5 Å². The van der Waals surface area contributed by atoms with Crippen LogP contribution in [-0.4, -0.2) is 45.9 Å². The zero-order chi connectivity index (χ0) is 21.9. The number of nitrogens with one attached hydrogen (secondary N) is 1. The lowest BCUT2D eigenvalue weighted by molar-refractivity contribution is -0.136. The van der Waals surface area contributed by atoms with Gasteiger partial charge < -0.3 is 9.84 Å². The molecule has 29 heavy (non-hydrogen) atoms. The maximum Gasteiger partial charge on any atom is 0.425 e. The molecule has 0 aliphatic heterocycles. The minimum Gasteiger partial charge on any atom is -0.464 e. The van der Waals surface area contributed by atoms with Crippen molar-refractivity contribution in [2.75, 3.05) is 7.11 Å². The molecule has 2 N–H and O–H groups in total. The minimum absolute atomic E-state index is 0.0693. The number of hydrogen-bond donors (Lipinski definition) is 2. The molecule has 0 fully saturated rings. The topological polar surface area (TPSA) is 115 Å². The maximum atomic E-state index is 12.9. The zero-order valence-corrected chi connectivity index (χ0v) is 16.6. The summed E-state index contributed by atoms with van der Waals surface area (Å²) in [6.07, 6.45) is -6.53. The van der Waals surface area contributed by atoms with E-state index in [1.54, 1.807) is 19.3 Å². The smallest absolute Gasteiger partial charge is 0.425 e. The van der Waals surface area contributed by atoms with Crippen molar-refractivity contribution in [2.24, 2.45) is 5.10 Å². The molecule has 1 atom stereocenters. The standard InChI is InChI=1S/C16H19F3N4O5S/c1-8(28-3)7-23-12(24)11-9(2)10(6-20-21-14(25)26)29-13(11)22(15(23)27)5-4-16(17,18)19/h6,8,21H,4-5,7H2,1-3H3,(H,25,26)/b20-6+. The largest absolute Gasteiger partial charge is 0.464 e. The van der Waals surface area contributed by atoms with Crippen molar-refractivity contribution >= 4 is 33.9 Å². The number of aromatic nitrogens is 2. The van der Waals surface area contributed by atoms with Gasteiger partial charge in [-0.2, -0.15) is 18.3 Å². The fourth-order valence-electron chi connectivity index (χ4n) is 2.61. The highest BCUT2D eigenvalue weighted by Gasteiger charge is 2.28. The predicted octanol–water partition coefficient (Wildman–Crippen LogP) is 2.12. The number of methoxy groups -OCH3 is 1. The highest BCUT2D eigenvalue weighted by Crippen LogP contribution is 2.28. The number of carbonyl (C=O) groups is 1. The minimum atomic E-state index is -4.49. The van der Waals surface area contributed by atoms with E-state index in [0.717, 1.165) is 26.7 Å². The van der Waals surface area contributed by atoms with Gasteiger partial charge in [0, 0.05) is 13.7 Å². The molecule has 0 aliphatic rings. The SMILES string of the molecule is COC(C)Cn1c(=O)c2c(C)c(/C=N/NC(=O)O)sc2n(CCC(F)(F)F)c1=O. The van der Waals surface area contributed by atoms with Gasteiger partial charge in [-0.25, -0.2) is 15.0 Å². The maximum absolute atomic E-state index is 12.9. The van der Waals surface area contributed by atoms with Crippen molar-refractivity contribution in [2.45, 2.75) is 45.6 Å². The van der Waals surface area contributed by atoms with Crippen LogP contribution in [0.1, 0.15) is 23.8 Å². The summed E-state index contributed by atoms with van der Waals surface area (Å²) in [6.45, 7) is 2.37. The molecule has 0 bridgehead atoms. The predicted molar refractivity (Wildman–Crippen MR) is 101 cm³/mol. The second kappa shape index (κ2) is 8.78. The molecule has 2 rings (SSSR count). The van der Waals surface area contributed by atoms with Crippen molar-refractivity contribution < 1.29 is 27.8 Å². The molecule has 0 aromatic carbocycles. The Morgan fingerprint density at radius 2 is 2.03 bits per heavy atom. The number of carboxylic acid groups (broad SMARTS) is 1. The van der Waals surface area contributed by atoms with E-state index in [0.29, 0.717) is 10.4 Å². The van der Waals surface area contributed by atoms with Crippen LogP contribution < -0.4 is 16.7 Å². The molecule has 1 amide bonds. The third-order valence-corrected chi connectivity index (χ3v) is 5.38. The van der Waals surface area contributed by atoms with Crippen molar-refractivity contribution in [1.29, 1.82) is 0 Å². The Morgan fingerprint density at radius 1 is 1.38 bits per heavy atom. The van der Waals surface area contributed by atoms with Crippen molar-refractivity contribution in [1.82, 2.24) is 14.6 Å². The number of fused-ring (bicyclic) bond motifs is 1. The van der Waals surface area contributed by atoms with E-state index < -0.39 is 42.6 Å². The van der Waals surface area contributed by atoms with Crippen LogP contribution in [0.5, 0.6) is 0 Å². The number of thiophene rings is 1. The lowest BCUT2D eigenvalue weighted by atomic mass is 10.2. The number of hydrazone groups is 1. The van der Waals surface area contributed by atoms with E-state index in [4.69, 9.17) is 9.84 Å². The van der Waals surface area contributed by atoms with E-state index >= 15 is 0 Å². The van der Waals surface area contributed by atoms with Crippen LogP contribution in [0.2, 0.25) is 0 Å². The summed E-state index contributed by atoms with van der Waals surface area (Å²) in [5, 5.41) is 12.1. The van der Waals surface area contributed by atoms with Crippen LogP contribution in [0.3, 0.4) is 0 Å². The van der Waals surface area contributed by atoms with Gasteiger partial charge >= 0.3 is 18.0 Å². The number of aryl methyl sites for hydroxylation is 2. The van der Waals surface area contributed by atoms with Crippen LogP contribution in [0.25, 0.3) is 10.2 Å². The molecular weight excluding hydrogens is 417 g/mol. The summed E-state index contributed by atoms with van der Waals surface area (Å²) >= 11 is 0.883. The first-order valence-corrected chi connectivity index (χ1v) is 9.16. The molecule has 2 aromatic heterocycles. The van der Waals surface area contributed by atoms with Gasteiger partial charge in [-0.1, -0.05) is 0 Å². The van der Waals surface area contributed by atoms with Gasteiger partial charge in [-0.3, -0.25) is 13.9 Å². The first-order valence-electron chi connectivity index (χ1n) is 8.34. The summed E-state index contributed by atoms with van der Waals surface area (Å²) in [7, 11) is 1.39. The third-order valence-electron chi connectivity index (χ3n) is 4.13. The molecule has 2 aromatic rings. The first-order chi connectivity index (χ1) is 13.5. The Morgan fingerprint density at radius 3 is 2.59 bits per heavy atom. The molecule has 0 aliphatic carbocycles. The van der Waals surface area contributed by atoms with E-state index in [9.17, 15) is 27.6 Å². The summed E-state index contributed by atoms with van der Waals surface area (Å²) in [6, 6.07) is 0. The lowest BCUT2D eigenvalue weighted by Gasteiger charge is -2.15. The molecular formula is C16H19F3N4O5S. The number of alkyl halides is 3. The molecule has 160 valence electrons. The van der Waals surface area contributed by atoms with E-state index in [1.165, 1.54) is 7.11 Å². The molecule has 9 nitrogen and oxygen atoms in total. The fourth-order valence-corrected chi connectivity index (χ4v) is 3.80. The Kier molecular flexibility index (Phi) is 6.85. The number of rotatable bonds is 7. The van der Waals surface area contributed by atoms with Gasteiger partial charge in [0.2, 0.25) is 0 Å². The normalized spacial score (nSPS) is 13.3. The summed E-state index contributed by atoms with van der Waals surface area (Å²) in [5.41, 5.74) is 0.625. The Labute approximate surface area is 166 Å². The van der Waals surface area contributed by atoms with Gasteiger partial charge in [-0.05, 0) is 19.4 Å². The average Bonchev–Trinajstić information content (AvgIpc) is 2.93. The van der Waals surface area contributed by atoms with E-state index in [2.05, 4.69) is 5.10 Å². The quantitative estimate of drug-likeness (QED) is 0.510. The van der Waals surface area contributed by atoms with Crippen LogP contribution in [0, 0.1) is 6.92 Å². The summed E-state index contributed by atoms with van der Waals surface area (Å²) in [4.78, 5) is 36.6. The highest BCUT2D eigenvalue weighted by atomic mass is 32.1. The average molecular weight is 436 g/mol. The van der Waals surface area contributed by atoms with Crippen LogP contribution >= 0.6 is 11.3 Å². The number of ether oxygens (including phenoxy) is 1. The van der Waals surface area contributed by atoms with Crippen molar-refractivity contribution in [3.05, 3.63) is 31.3 Å². The molecule has 0 spiro atoms. The van der Waals surface area contributed by atoms with E-state index in [1.807, 2.05) is 0 Å². The summed E-state index contributed by atoms with van der Waals surface area (Å²) in [5.74, 6) is 0. The highest BCUT2D eigenvalue weighted by molar-refractivity contribution is 7.20. The first kappa shape index (κ1) is 22.6. The monoisotopic (exact) mass is 436 g/mol. The van der Waals surface area contributed by atoms with Gasteiger partial charge in [-0.15, -0.1) is 11.3 Å². The number of nitrogens with zero attached hydrogens (tertiary/aromatic N) is 3. The Hall–Kier alpha value is -2.67. The van der Waals surface area contributed by atoms with Crippen LogP contribution in [0.4, 0.5) is 18.0 Å². The molecule has 13 heteroatoms. The number of halogens is 3. The number of hydrogen-bond acceptors (Lipinski definition) is 6. The third kappa shape index (κ3) is 5.23. The second-order valence-corrected chi connectivity index (χ2v) is 7.24. The Balaban J connectivity index is 2.72. The van der Waals surface area contributed by atoms with Gasteiger partial charge in [0.15, 0.2) is 0 Å². The van der Waals surface area contributed by atoms with Crippen molar-refractivity contribution in [3.8, 4) is 0 Å². The zero-order valence-electron chi connectivity index (χ0n) is 15.7. The molecule has 0 saturated heterocycles. The van der Waals surface area contributed by atoms with Crippen LogP contribution in [0.15, 0.2) is 14.7 Å². The van der Waals surface area contributed by atoms with Crippen molar-refractivity contribution in [3.63, 3.8) is 0 Å². The molecule has 2 heterocycles. The lowest BCUT2D eigenvalue weighted by Crippen LogP contribution is -2.42. The number of amides is 1. The second-order valence-electron chi connectivity index (χ2n) is 6.21. The van der Waals surface area contributed by atoms with Gasteiger partial charge in [0.1, 0.15) is 4.83 Å². The van der Waals surface area contributed by atoms with Gasteiger partial charge in [0.25, 0.3) is 5.56 Å². The molecule has 1 unspecified atom stereocenters. The van der Waals surface area contributed by atoms with E-state index in [-0.39, 0.29) is 16.8 Å².